The summed E-state index contributed by atoms with van der Waals surface area (Å²) in [4.78, 5) is 11.8. The van der Waals surface area contributed by atoms with Gasteiger partial charge < -0.3 is 10.6 Å². The number of amides is 1. The molecule has 2 fully saturated rings. The molecular formula is C13H24N2O. The Labute approximate surface area is 98.4 Å². The van der Waals surface area contributed by atoms with E-state index in [-0.39, 0.29) is 11.4 Å². The summed E-state index contributed by atoms with van der Waals surface area (Å²) in [5.41, 5.74) is -0.0943. The molecular weight excluding hydrogens is 200 g/mol. The summed E-state index contributed by atoms with van der Waals surface area (Å²) in [5, 5.41) is 6.67. The quantitative estimate of drug-likeness (QED) is 0.751. The lowest BCUT2D eigenvalue weighted by atomic mass is 9.89. The van der Waals surface area contributed by atoms with Gasteiger partial charge >= 0.3 is 0 Å². The molecule has 2 aliphatic heterocycles. The van der Waals surface area contributed by atoms with Gasteiger partial charge in [-0.1, -0.05) is 0 Å². The first-order chi connectivity index (χ1) is 7.42. The lowest BCUT2D eigenvalue weighted by Crippen LogP contribution is -2.43. The van der Waals surface area contributed by atoms with Crippen molar-refractivity contribution in [2.75, 3.05) is 0 Å². The van der Waals surface area contributed by atoms with Crippen molar-refractivity contribution in [2.45, 2.75) is 70.5 Å². The predicted molar refractivity (Wildman–Crippen MR) is 65.2 cm³/mol. The second kappa shape index (κ2) is 4.36. The van der Waals surface area contributed by atoms with E-state index >= 15 is 0 Å². The molecule has 0 aromatic heterocycles. The molecule has 2 aliphatic rings. The van der Waals surface area contributed by atoms with Crippen molar-refractivity contribution in [3.05, 3.63) is 0 Å². The van der Waals surface area contributed by atoms with Gasteiger partial charge in [0.15, 0.2) is 0 Å². The van der Waals surface area contributed by atoms with Gasteiger partial charge in [-0.3, -0.25) is 4.79 Å². The van der Waals surface area contributed by atoms with E-state index in [2.05, 4.69) is 10.6 Å². The highest BCUT2D eigenvalue weighted by molar-refractivity contribution is 5.76. The predicted octanol–water partition coefficient (Wildman–Crippen LogP) is 1.82. The van der Waals surface area contributed by atoms with E-state index in [0.29, 0.717) is 24.4 Å². The van der Waals surface area contributed by atoms with Crippen LogP contribution in [0.3, 0.4) is 0 Å². The maximum atomic E-state index is 11.8. The van der Waals surface area contributed by atoms with Gasteiger partial charge in [0.05, 0.1) is 0 Å². The fourth-order valence-corrected chi connectivity index (χ4v) is 3.07. The zero-order chi connectivity index (χ0) is 11.8. The number of carbonyl (C=O) groups excluding carboxylic acids is 1. The molecule has 0 aromatic carbocycles. The van der Waals surface area contributed by atoms with Gasteiger partial charge in [-0.2, -0.15) is 0 Å². The number of piperidine rings is 1. The third-order valence-electron chi connectivity index (χ3n) is 3.56. The van der Waals surface area contributed by atoms with Crippen LogP contribution >= 0.6 is 0 Å². The standard InChI is InChI=1S/C13H24N2O/c1-13(2,3)15-12(16)8-9-6-10-4-5-11(7-9)14-10/h9-11,14H,4-8H2,1-3H3,(H,15,16). The molecule has 0 aliphatic carbocycles. The lowest BCUT2D eigenvalue weighted by molar-refractivity contribution is -0.123. The Morgan fingerprint density at radius 3 is 2.31 bits per heavy atom. The van der Waals surface area contributed by atoms with Gasteiger partial charge in [-0.25, -0.2) is 0 Å². The molecule has 2 bridgehead atoms. The molecule has 2 unspecified atom stereocenters. The third-order valence-corrected chi connectivity index (χ3v) is 3.56. The van der Waals surface area contributed by atoms with E-state index in [1.807, 2.05) is 20.8 Å². The molecule has 16 heavy (non-hydrogen) atoms. The first-order valence-corrected chi connectivity index (χ1v) is 6.49. The van der Waals surface area contributed by atoms with Crippen molar-refractivity contribution in [3.8, 4) is 0 Å². The maximum Gasteiger partial charge on any atom is 0.220 e. The Balaban J connectivity index is 1.79. The zero-order valence-electron chi connectivity index (χ0n) is 10.7. The van der Waals surface area contributed by atoms with E-state index in [1.165, 1.54) is 25.7 Å². The summed E-state index contributed by atoms with van der Waals surface area (Å²) in [5.74, 6) is 0.819. The molecule has 2 heterocycles. The van der Waals surface area contributed by atoms with Crippen LogP contribution in [0.4, 0.5) is 0 Å². The Kier molecular flexibility index (Phi) is 3.24. The van der Waals surface area contributed by atoms with Crippen molar-refractivity contribution < 1.29 is 4.79 Å². The summed E-state index contributed by atoms with van der Waals surface area (Å²) < 4.78 is 0. The van der Waals surface area contributed by atoms with Gasteiger partial charge in [-0.15, -0.1) is 0 Å². The maximum absolute atomic E-state index is 11.8. The molecule has 92 valence electrons. The second-order valence-electron chi connectivity index (χ2n) is 6.48. The van der Waals surface area contributed by atoms with E-state index in [1.54, 1.807) is 0 Å². The normalized spacial score (nSPS) is 33.8. The first-order valence-electron chi connectivity index (χ1n) is 6.49. The van der Waals surface area contributed by atoms with Crippen molar-refractivity contribution >= 4 is 5.91 Å². The van der Waals surface area contributed by atoms with Gasteiger partial charge in [0.1, 0.15) is 0 Å². The van der Waals surface area contributed by atoms with Crippen LogP contribution in [0, 0.1) is 5.92 Å². The number of hydrogen-bond acceptors (Lipinski definition) is 2. The van der Waals surface area contributed by atoms with Gasteiger partial charge in [0, 0.05) is 24.0 Å². The van der Waals surface area contributed by atoms with E-state index in [9.17, 15) is 4.79 Å². The summed E-state index contributed by atoms with van der Waals surface area (Å²) in [6.07, 6.45) is 5.71. The topological polar surface area (TPSA) is 41.1 Å². The van der Waals surface area contributed by atoms with Crippen LogP contribution in [-0.4, -0.2) is 23.5 Å². The molecule has 3 heteroatoms. The van der Waals surface area contributed by atoms with Crippen LogP contribution in [0.15, 0.2) is 0 Å². The van der Waals surface area contributed by atoms with Crippen LogP contribution in [0.5, 0.6) is 0 Å². The van der Waals surface area contributed by atoms with Crippen LogP contribution in [0.25, 0.3) is 0 Å². The van der Waals surface area contributed by atoms with E-state index in [4.69, 9.17) is 0 Å². The van der Waals surface area contributed by atoms with Crippen LogP contribution in [0.2, 0.25) is 0 Å². The number of nitrogens with one attached hydrogen (secondary N) is 2. The summed E-state index contributed by atoms with van der Waals surface area (Å²) >= 11 is 0. The van der Waals surface area contributed by atoms with Crippen molar-refractivity contribution in [1.29, 1.82) is 0 Å². The largest absolute Gasteiger partial charge is 0.352 e. The van der Waals surface area contributed by atoms with Gasteiger partial charge in [-0.05, 0) is 52.4 Å². The minimum atomic E-state index is -0.0943. The van der Waals surface area contributed by atoms with E-state index in [0.717, 1.165) is 0 Å². The number of hydrogen-bond donors (Lipinski definition) is 2. The molecule has 0 saturated carbocycles. The minimum Gasteiger partial charge on any atom is -0.352 e. The number of carbonyl (C=O) groups is 1. The third kappa shape index (κ3) is 3.21. The smallest absolute Gasteiger partial charge is 0.220 e. The summed E-state index contributed by atoms with van der Waals surface area (Å²) in [6, 6.07) is 1.37. The van der Waals surface area contributed by atoms with Gasteiger partial charge in [0.2, 0.25) is 5.91 Å². The average Bonchev–Trinajstić information content (AvgIpc) is 2.42. The SMILES string of the molecule is CC(C)(C)NC(=O)CC1CC2CCC(C1)N2. The minimum absolute atomic E-state index is 0.0943. The highest BCUT2D eigenvalue weighted by atomic mass is 16.1. The summed E-state index contributed by atoms with van der Waals surface area (Å²) in [7, 11) is 0. The average molecular weight is 224 g/mol. The molecule has 0 radical (unpaired) electrons. The zero-order valence-corrected chi connectivity index (χ0v) is 10.7. The Morgan fingerprint density at radius 1 is 1.25 bits per heavy atom. The second-order valence-corrected chi connectivity index (χ2v) is 6.48. The fourth-order valence-electron chi connectivity index (χ4n) is 3.07. The highest BCUT2D eigenvalue weighted by Gasteiger charge is 2.34. The van der Waals surface area contributed by atoms with Crippen LogP contribution in [0.1, 0.15) is 52.9 Å². The van der Waals surface area contributed by atoms with Crippen LogP contribution in [-0.2, 0) is 4.79 Å². The lowest BCUT2D eigenvalue weighted by Gasteiger charge is -2.29. The molecule has 1 amide bonds. The van der Waals surface area contributed by atoms with Crippen molar-refractivity contribution in [2.24, 2.45) is 5.92 Å². The molecule has 3 nitrogen and oxygen atoms in total. The molecule has 0 aromatic rings. The van der Waals surface area contributed by atoms with Crippen LogP contribution < -0.4 is 10.6 Å². The molecule has 2 atom stereocenters. The number of fused-ring (bicyclic) bond motifs is 2. The Bertz CT molecular complexity index is 258. The molecule has 2 rings (SSSR count). The van der Waals surface area contributed by atoms with Crippen molar-refractivity contribution in [1.82, 2.24) is 10.6 Å². The van der Waals surface area contributed by atoms with Gasteiger partial charge in [0.25, 0.3) is 0 Å². The highest BCUT2D eigenvalue weighted by Crippen LogP contribution is 2.32. The van der Waals surface area contributed by atoms with E-state index < -0.39 is 0 Å². The fraction of sp³-hybridized carbons (Fsp3) is 0.923. The molecule has 0 spiro atoms. The number of rotatable bonds is 2. The first kappa shape index (κ1) is 11.9. The summed E-state index contributed by atoms with van der Waals surface area (Å²) in [6.45, 7) is 6.12. The molecule has 2 saturated heterocycles. The Morgan fingerprint density at radius 2 is 1.81 bits per heavy atom. The Hall–Kier alpha value is -0.570. The van der Waals surface area contributed by atoms with Crippen molar-refractivity contribution in [3.63, 3.8) is 0 Å². The molecule has 2 N–H and O–H groups in total. The monoisotopic (exact) mass is 224 g/mol.